The smallest absolute Gasteiger partial charge is 0.267 e. The largest absolute Gasteiger partial charge is 0.280 e. The molecule has 0 atom stereocenters. The molecule has 0 spiro atoms. The molecule has 1 heterocycles. The SMILES string of the molecule is CC(C)(C)c1ccc(C(=O)N(/N=C/c2ccccc2)c2nc3ccc(Br)cc3s2)cc1. The Bertz CT molecular complexity index is 1240. The highest BCUT2D eigenvalue weighted by Gasteiger charge is 2.22. The van der Waals surface area contributed by atoms with E-state index in [1.165, 1.54) is 21.9 Å². The molecule has 0 aliphatic rings. The molecule has 4 aromatic rings. The molecule has 31 heavy (non-hydrogen) atoms. The Hall–Kier alpha value is -2.83. The maximum atomic E-state index is 13.4. The number of fused-ring (bicyclic) bond motifs is 1. The van der Waals surface area contributed by atoms with Crippen molar-refractivity contribution in [3.05, 3.63) is 94.0 Å². The van der Waals surface area contributed by atoms with Crippen LogP contribution in [0.3, 0.4) is 0 Å². The minimum absolute atomic E-state index is 0.0210. The zero-order valence-corrected chi connectivity index (χ0v) is 19.9. The van der Waals surface area contributed by atoms with Gasteiger partial charge in [0.15, 0.2) is 0 Å². The molecule has 0 aliphatic carbocycles. The van der Waals surface area contributed by atoms with Crippen LogP contribution in [0, 0.1) is 0 Å². The molecule has 3 aromatic carbocycles. The average molecular weight is 492 g/mol. The van der Waals surface area contributed by atoms with Gasteiger partial charge >= 0.3 is 0 Å². The standard InChI is InChI=1S/C25H22BrN3OS/c1-25(2,3)19-11-9-18(10-12-19)23(30)29(27-16-17-7-5-4-6-8-17)24-28-21-14-13-20(26)15-22(21)31-24/h4-16H,1-3H3/b27-16+. The highest BCUT2D eigenvalue weighted by atomic mass is 79.9. The molecule has 1 aromatic heterocycles. The van der Waals surface area contributed by atoms with Gasteiger partial charge in [0.25, 0.3) is 5.91 Å². The summed E-state index contributed by atoms with van der Waals surface area (Å²) in [6.07, 6.45) is 1.68. The Kier molecular flexibility index (Phi) is 6.03. The summed E-state index contributed by atoms with van der Waals surface area (Å²) in [4.78, 5) is 18.1. The summed E-state index contributed by atoms with van der Waals surface area (Å²) in [7, 11) is 0. The Morgan fingerprint density at radius 3 is 2.42 bits per heavy atom. The van der Waals surface area contributed by atoms with Crippen LogP contribution in [-0.2, 0) is 5.41 Å². The molecule has 0 aliphatic heterocycles. The molecule has 4 rings (SSSR count). The lowest BCUT2D eigenvalue weighted by atomic mass is 9.87. The van der Waals surface area contributed by atoms with Crippen LogP contribution in [0.2, 0.25) is 0 Å². The van der Waals surface area contributed by atoms with Gasteiger partial charge in [-0.2, -0.15) is 10.1 Å². The van der Waals surface area contributed by atoms with E-state index < -0.39 is 0 Å². The van der Waals surface area contributed by atoms with Crippen molar-refractivity contribution in [1.29, 1.82) is 0 Å². The van der Waals surface area contributed by atoms with Gasteiger partial charge in [-0.05, 0) is 46.9 Å². The third-order valence-corrected chi connectivity index (χ3v) is 6.32. The van der Waals surface area contributed by atoms with Crippen LogP contribution in [0.15, 0.2) is 82.4 Å². The van der Waals surface area contributed by atoms with Gasteiger partial charge in [-0.15, -0.1) is 0 Å². The van der Waals surface area contributed by atoms with Crippen molar-refractivity contribution in [3.63, 3.8) is 0 Å². The first-order valence-electron chi connectivity index (χ1n) is 9.91. The molecule has 6 heteroatoms. The predicted octanol–water partition coefficient (Wildman–Crippen LogP) is 7.04. The number of carbonyl (C=O) groups excluding carboxylic acids is 1. The maximum absolute atomic E-state index is 13.4. The molecule has 0 saturated carbocycles. The van der Waals surface area contributed by atoms with Crippen molar-refractivity contribution in [2.75, 3.05) is 5.01 Å². The average Bonchev–Trinajstić information content (AvgIpc) is 3.16. The molecule has 0 N–H and O–H groups in total. The molecule has 0 radical (unpaired) electrons. The number of aromatic nitrogens is 1. The number of halogens is 1. The lowest BCUT2D eigenvalue weighted by Crippen LogP contribution is -2.25. The van der Waals surface area contributed by atoms with E-state index in [0.29, 0.717) is 10.7 Å². The number of amides is 1. The quantitative estimate of drug-likeness (QED) is 0.227. The summed E-state index contributed by atoms with van der Waals surface area (Å²) in [5.41, 5.74) is 3.51. The van der Waals surface area contributed by atoms with E-state index in [1.807, 2.05) is 72.8 Å². The lowest BCUT2D eigenvalue weighted by molar-refractivity contribution is 0.0988. The van der Waals surface area contributed by atoms with Crippen molar-refractivity contribution in [1.82, 2.24) is 4.98 Å². The summed E-state index contributed by atoms with van der Waals surface area (Å²) < 4.78 is 1.96. The van der Waals surface area contributed by atoms with Crippen LogP contribution in [0.1, 0.15) is 42.3 Å². The van der Waals surface area contributed by atoms with E-state index in [1.54, 1.807) is 6.21 Å². The Labute approximate surface area is 194 Å². The summed E-state index contributed by atoms with van der Waals surface area (Å²) in [5.74, 6) is -0.217. The number of thiazole rings is 1. The van der Waals surface area contributed by atoms with E-state index in [9.17, 15) is 4.79 Å². The van der Waals surface area contributed by atoms with Gasteiger partial charge in [0, 0.05) is 10.0 Å². The Morgan fingerprint density at radius 1 is 1.03 bits per heavy atom. The number of hydrazone groups is 1. The Balaban J connectivity index is 1.73. The van der Waals surface area contributed by atoms with Crippen molar-refractivity contribution in [3.8, 4) is 0 Å². The normalized spacial score (nSPS) is 11.9. The highest BCUT2D eigenvalue weighted by Crippen LogP contribution is 2.32. The minimum Gasteiger partial charge on any atom is -0.267 e. The second-order valence-electron chi connectivity index (χ2n) is 8.21. The second kappa shape index (κ2) is 8.73. The topological polar surface area (TPSA) is 45.6 Å². The molecule has 0 saturated heterocycles. The molecule has 156 valence electrons. The molecular formula is C25H22BrN3OS. The number of hydrogen-bond acceptors (Lipinski definition) is 4. The number of nitrogens with zero attached hydrogens (tertiary/aromatic N) is 3. The zero-order chi connectivity index (χ0) is 22.0. The fraction of sp³-hybridized carbons (Fsp3) is 0.160. The molecule has 0 unspecified atom stereocenters. The van der Waals surface area contributed by atoms with Crippen molar-refractivity contribution in [2.45, 2.75) is 26.2 Å². The van der Waals surface area contributed by atoms with Gasteiger partial charge in [-0.25, -0.2) is 4.98 Å². The van der Waals surface area contributed by atoms with Crippen molar-refractivity contribution >= 4 is 54.7 Å². The number of carbonyl (C=O) groups is 1. The number of hydrogen-bond donors (Lipinski definition) is 0. The third-order valence-electron chi connectivity index (χ3n) is 4.83. The first-order valence-corrected chi connectivity index (χ1v) is 11.5. The van der Waals surface area contributed by atoms with E-state index in [4.69, 9.17) is 0 Å². The summed E-state index contributed by atoms with van der Waals surface area (Å²) in [6, 6.07) is 23.3. The molecule has 0 bridgehead atoms. The van der Waals surface area contributed by atoms with Gasteiger partial charge < -0.3 is 0 Å². The zero-order valence-electron chi connectivity index (χ0n) is 17.5. The minimum atomic E-state index is -0.217. The Morgan fingerprint density at radius 2 is 1.74 bits per heavy atom. The predicted molar refractivity (Wildman–Crippen MR) is 133 cm³/mol. The van der Waals surface area contributed by atoms with E-state index in [2.05, 4.69) is 46.8 Å². The van der Waals surface area contributed by atoms with Gasteiger partial charge in [0.1, 0.15) is 0 Å². The van der Waals surface area contributed by atoms with Crippen molar-refractivity contribution in [2.24, 2.45) is 5.10 Å². The van der Waals surface area contributed by atoms with Crippen LogP contribution in [0.25, 0.3) is 10.2 Å². The van der Waals surface area contributed by atoms with Crippen LogP contribution >= 0.6 is 27.3 Å². The van der Waals surface area contributed by atoms with E-state index in [-0.39, 0.29) is 11.3 Å². The van der Waals surface area contributed by atoms with E-state index >= 15 is 0 Å². The summed E-state index contributed by atoms with van der Waals surface area (Å²) in [5, 5.41) is 6.44. The molecule has 0 fully saturated rings. The van der Waals surface area contributed by atoms with Crippen LogP contribution in [0.5, 0.6) is 0 Å². The fourth-order valence-electron chi connectivity index (χ4n) is 3.06. The molecular weight excluding hydrogens is 470 g/mol. The van der Waals surface area contributed by atoms with Crippen LogP contribution < -0.4 is 5.01 Å². The summed E-state index contributed by atoms with van der Waals surface area (Å²) >= 11 is 4.93. The number of rotatable bonds is 4. The highest BCUT2D eigenvalue weighted by molar-refractivity contribution is 9.10. The van der Waals surface area contributed by atoms with Crippen LogP contribution in [0.4, 0.5) is 5.13 Å². The van der Waals surface area contributed by atoms with Gasteiger partial charge in [-0.1, -0.05) is 90.5 Å². The van der Waals surface area contributed by atoms with Gasteiger partial charge in [0.2, 0.25) is 5.13 Å². The van der Waals surface area contributed by atoms with Gasteiger partial charge in [-0.3, -0.25) is 4.79 Å². The first kappa shape index (κ1) is 21.4. The lowest BCUT2D eigenvalue weighted by Gasteiger charge is -2.19. The van der Waals surface area contributed by atoms with Gasteiger partial charge in [0.05, 0.1) is 16.4 Å². The number of anilines is 1. The van der Waals surface area contributed by atoms with E-state index in [0.717, 1.165) is 20.3 Å². The second-order valence-corrected chi connectivity index (χ2v) is 10.1. The van der Waals surface area contributed by atoms with Crippen LogP contribution in [-0.4, -0.2) is 17.1 Å². The summed E-state index contributed by atoms with van der Waals surface area (Å²) in [6.45, 7) is 6.46. The monoisotopic (exact) mass is 491 g/mol. The van der Waals surface area contributed by atoms with Crippen molar-refractivity contribution < 1.29 is 4.79 Å². The third kappa shape index (κ3) is 4.92. The maximum Gasteiger partial charge on any atom is 0.280 e. The fourth-order valence-corrected chi connectivity index (χ4v) is 4.54. The first-order chi connectivity index (χ1) is 14.8. The molecule has 1 amide bonds. The number of benzene rings is 3. The molecule has 4 nitrogen and oxygen atoms in total.